The van der Waals surface area contributed by atoms with E-state index in [-0.39, 0.29) is 5.91 Å². The fourth-order valence-electron chi connectivity index (χ4n) is 3.15. The van der Waals surface area contributed by atoms with Gasteiger partial charge in [0.05, 0.1) is 11.2 Å². The summed E-state index contributed by atoms with van der Waals surface area (Å²) in [5.41, 5.74) is 4.98. The monoisotopic (exact) mass is 344 g/mol. The van der Waals surface area contributed by atoms with Gasteiger partial charge in [0.25, 0.3) is 5.91 Å². The Morgan fingerprint density at radius 3 is 2.96 bits per heavy atom. The van der Waals surface area contributed by atoms with Gasteiger partial charge in [-0.15, -0.1) is 11.3 Å². The molecule has 0 bridgehead atoms. The third kappa shape index (κ3) is 3.66. The Kier molecular flexibility index (Phi) is 5.28. The van der Waals surface area contributed by atoms with Crippen LogP contribution < -0.4 is 5.32 Å². The van der Waals surface area contributed by atoms with E-state index in [1.807, 2.05) is 23.7 Å². The van der Waals surface area contributed by atoms with Crippen molar-refractivity contribution in [3.05, 3.63) is 51.5 Å². The second-order valence-corrected chi connectivity index (χ2v) is 7.24. The van der Waals surface area contributed by atoms with E-state index in [9.17, 15) is 4.79 Å². The average molecular weight is 344 g/mol. The van der Waals surface area contributed by atoms with E-state index in [1.54, 1.807) is 18.4 Å². The van der Waals surface area contributed by atoms with Crippen LogP contribution in [0.3, 0.4) is 0 Å². The molecule has 1 unspecified atom stereocenters. The highest BCUT2D eigenvalue weighted by atomic mass is 32.1. The summed E-state index contributed by atoms with van der Waals surface area (Å²) in [6.07, 6.45) is 0. The molecule has 2 aromatic rings. The SMILES string of the molecule is CNC(=O)c1cccc(C2CN(Cc3scnc3C)CCN2C)c1. The number of benzene rings is 1. The molecular weight excluding hydrogens is 320 g/mol. The maximum atomic E-state index is 11.9. The number of piperazine rings is 1. The number of amides is 1. The number of carbonyl (C=O) groups excluding carboxylic acids is 1. The van der Waals surface area contributed by atoms with Gasteiger partial charge in [0.2, 0.25) is 0 Å². The molecular formula is C18H24N4OS. The molecule has 3 rings (SSSR count). The number of aromatic nitrogens is 1. The molecule has 128 valence electrons. The van der Waals surface area contributed by atoms with E-state index in [0.29, 0.717) is 6.04 Å². The van der Waals surface area contributed by atoms with Crippen LogP contribution in [0.15, 0.2) is 29.8 Å². The average Bonchev–Trinajstić information content (AvgIpc) is 3.00. The third-order valence-corrected chi connectivity index (χ3v) is 5.62. The predicted molar refractivity (Wildman–Crippen MR) is 97.3 cm³/mol. The number of aryl methyl sites for hydroxylation is 1. The maximum absolute atomic E-state index is 11.9. The number of nitrogens with zero attached hydrogens (tertiary/aromatic N) is 3. The number of carbonyl (C=O) groups is 1. The highest BCUT2D eigenvalue weighted by Crippen LogP contribution is 2.26. The highest BCUT2D eigenvalue weighted by Gasteiger charge is 2.26. The van der Waals surface area contributed by atoms with Crippen LogP contribution in [-0.4, -0.2) is 54.4 Å². The van der Waals surface area contributed by atoms with Crippen LogP contribution in [0.4, 0.5) is 0 Å². The van der Waals surface area contributed by atoms with Crippen LogP contribution in [0.25, 0.3) is 0 Å². The molecule has 5 nitrogen and oxygen atoms in total. The maximum Gasteiger partial charge on any atom is 0.251 e. The van der Waals surface area contributed by atoms with Crippen molar-refractivity contribution in [2.75, 3.05) is 33.7 Å². The van der Waals surface area contributed by atoms with Gasteiger partial charge in [-0.3, -0.25) is 14.6 Å². The van der Waals surface area contributed by atoms with Crippen molar-refractivity contribution in [1.82, 2.24) is 20.1 Å². The van der Waals surface area contributed by atoms with Gasteiger partial charge >= 0.3 is 0 Å². The van der Waals surface area contributed by atoms with E-state index in [1.165, 1.54) is 10.4 Å². The number of nitrogens with one attached hydrogen (secondary N) is 1. The standard InChI is InChI=1S/C18H24N4OS/c1-13-17(24-12-20-13)11-22-8-7-21(3)16(10-22)14-5-4-6-15(9-14)18(23)19-2/h4-6,9,12,16H,7-8,10-11H2,1-3H3,(H,19,23). The Hall–Kier alpha value is -1.76. The summed E-state index contributed by atoms with van der Waals surface area (Å²) >= 11 is 1.73. The van der Waals surface area contributed by atoms with Crippen LogP contribution >= 0.6 is 11.3 Å². The van der Waals surface area contributed by atoms with Crippen LogP contribution in [0.1, 0.15) is 32.5 Å². The lowest BCUT2D eigenvalue weighted by Crippen LogP contribution is -2.46. The first-order valence-electron chi connectivity index (χ1n) is 8.22. The summed E-state index contributed by atoms with van der Waals surface area (Å²) in [6.45, 7) is 6.07. The number of rotatable bonds is 4. The Bertz CT molecular complexity index is 715. The van der Waals surface area contributed by atoms with E-state index in [2.05, 4.69) is 40.1 Å². The van der Waals surface area contributed by atoms with Gasteiger partial charge in [0.15, 0.2) is 0 Å². The molecule has 1 N–H and O–H groups in total. The van der Waals surface area contributed by atoms with Gasteiger partial charge < -0.3 is 5.32 Å². The van der Waals surface area contributed by atoms with Crippen LogP contribution in [0.2, 0.25) is 0 Å². The molecule has 0 spiro atoms. The molecule has 1 atom stereocenters. The fraction of sp³-hybridized carbons (Fsp3) is 0.444. The van der Waals surface area contributed by atoms with Gasteiger partial charge in [-0.2, -0.15) is 0 Å². The number of hydrogen-bond donors (Lipinski definition) is 1. The van der Waals surface area contributed by atoms with Crippen molar-refractivity contribution in [3.63, 3.8) is 0 Å². The molecule has 1 fully saturated rings. The Balaban J connectivity index is 1.76. The van der Waals surface area contributed by atoms with Crippen molar-refractivity contribution in [2.24, 2.45) is 0 Å². The summed E-state index contributed by atoms with van der Waals surface area (Å²) in [5, 5.41) is 2.70. The fourth-order valence-corrected chi connectivity index (χ4v) is 3.96. The second-order valence-electron chi connectivity index (χ2n) is 6.30. The Labute approximate surface area is 147 Å². The minimum absolute atomic E-state index is 0.0348. The molecule has 2 heterocycles. The first kappa shape index (κ1) is 17.1. The highest BCUT2D eigenvalue weighted by molar-refractivity contribution is 7.09. The van der Waals surface area contributed by atoms with Crippen LogP contribution in [0, 0.1) is 6.92 Å². The lowest BCUT2D eigenvalue weighted by Gasteiger charge is -2.39. The third-order valence-electron chi connectivity index (χ3n) is 4.70. The minimum atomic E-state index is -0.0348. The van der Waals surface area contributed by atoms with Crippen molar-refractivity contribution >= 4 is 17.2 Å². The predicted octanol–water partition coefficient (Wildman–Crippen LogP) is 2.30. The van der Waals surface area contributed by atoms with Gasteiger partial charge in [0.1, 0.15) is 0 Å². The zero-order chi connectivity index (χ0) is 17.1. The van der Waals surface area contributed by atoms with Crippen LogP contribution in [0.5, 0.6) is 0 Å². The summed E-state index contributed by atoms with van der Waals surface area (Å²) < 4.78 is 0. The molecule has 0 aliphatic carbocycles. The first-order valence-corrected chi connectivity index (χ1v) is 9.10. The van der Waals surface area contributed by atoms with E-state index in [4.69, 9.17) is 0 Å². The van der Waals surface area contributed by atoms with Gasteiger partial charge in [-0.05, 0) is 31.7 Å². The lowest BCUT2D eigenvalue weighted by molar-refractivity contribution is 0.0906. The lowest BCUT2D eigenvalue weighted by atomic mass is 10.00. The molecule has 1 saturated heterocycles. The molecule has 1 aliphatic heterocycles. The van der Waals surface area contributed by atoms with Gasteiger partial charge in [0, 0.05) is 49.7 Å². The summed E-state index contributed by atoms with van der Waals surface area (Å²) in [5.74, 6) is -0.0348. The summed E-state index contributed by atoms with van der Waals surface area (Å²) in [7, 11) is 3.83. The number of thiazole rings is 1. The van der Waals surface area contributed by atoms with Gasteiger partial charge in [-0.25, -0.2) is 4.98 Å². The van der Waals surface area contributed by atoms with Crippen LogP contribution in [-0.2, 0) is 6.54 Å². The Morgan fingerprint density at radius 1 is 1.42 bits per heavy atom. The molecule has 24 heavy (non-hydrogen) atoms. The smallest absolute Gasteiger partial charge is 0.251 e. The summed E-state index contributed by atoms with van der Waals surface area (Å²) in [4.78, 5) is 22.5. The number of likely N-dealkylation sites (N-methyl/N-ethyl adjacent to an activating group) is 1. The zero-order valence-corrected chi connectivity index (χ0v) is 15.3. The first-order chi connectivity index (χ1) is 11.6. The molecule has 6 heteroatoms. The van der Waals surface area contributed by atoms with Gasteiger partial charge in [-0.1, -0.05) is 12.1 Å². The van der Waals surface area contributed by atoms with Crippen molar-refractivity contribution in [1.29, 1.82) is 0 Å². The molecule has 0 radical (unpaired) electrons. The zero-order valence-electron chi connectivity index (χ0n) is 14.5. The number of hydrogen-bond acceptors (Lipinski definition) is 5. The Morgan fingerprint density at radius 2 is 2.25 bits per heavy atom. The second kappa shape index (κ2) is 7.42. The molecule has 1 aliphatic rings. The largest absolute Gasteiger partial charge is 0.355 e. The molecule has 1 aromatic carbocycles. The molecule has 1 amide bonds. The topological polar surface area (TPSA) is 48.5 Å². The molecule has 1 aromatic heterocycles. The normalized spacial score (nSPS) is 19.4. The van der Waals surface area contributed by atoms with E-state index < -0.39 is 0 Å². The van der Waals surface area contributed by atoms with Crippen molar-refractivity contribution in [2.45, 2.75) is 19.5 Å². The van der Waals surface area contributed by atoms with Crippen molar-refractivity contribution < 1.29 is 4.79 Å². The van der Waals surface area contributed by atoms with Crippen molar-refractivity contribution in [3.8, 4) is 0 Å². The minimum Gasteiger partial charge on any atom is -0.355 e. The molecule has 0 saturated carbocycles. The quantitative estimate of drug-likeness (QED) is 0.925. The summed E-state index contributed by atoms with van der Waals surface area (Å²) in [6, 6.07) is 8.27. The van der Waals surface area contributed by atoms with E-state index >= 15 is 0 Å². The van der Waals surface area contributed by atoms with E-state index in [0.717, 1.165) is 37.4 Å².